The first-order valence-electron chi connectivity index (χ1n) is 8.97. The average molecular weight is 409 g/mol. The molecular formula is C23H20FNO3S. The first kappa shape index (κ1) is 20.5. The van der Waals surface area contributed by atoms with Gasteiger partial charge in [-0.3, -0.25) is 9.10 Å². The molecule has 0 amide bonds. The Morgan fingerprint density at radius 1 is 0.931 bits per heavy atom. The molecule has 0 aliphatic heterocycles. The Morgan fingerprint density at radius 2 is 1.62 bits per heavy atom. The van der Waals surface area contributed by atoms with E-state index in [1.54, 1.807) is 24.3 Å². The molecule has 0 radical (unpaired) electrons. The Balaban J connectivity index is 2.03. The maximum atomic E-state index is 14.0. The molecule has 0 spiro atoms. The van der Waals surface area contributed by atoms with Crippen LogP contribution in [0.2, 0.25) is 0 Å². The van der Waals surface area contributed by atoms with E-state index in [0.717, 1.165) is 27.6 Å². The number of aryl methyl sites for hydroxylation is 1. The van der Waals surface area contributed by atoms with Crippen molar-refractivity contribution in [1.29, 1.82) is 0 Å². The molecule has 6 heteroatoms. The Hall–Kier alpha value is -3.25. The maximum Gasteiger partial charge on any atom is 0.264 e. The predicted molar refractivity (Wildman–Crippen MR) is 113 cm³/mol. The van der Waals surface area contributed by atoms with Gasteiger partial charge in [-0.1, -0.05) is 60.2 Å². The van der Waals surface area contributed by atoms with E-state index < -0.39 is 15.8 Å². The van der Waals surface area contributed by atoms with Crippen molar-refractivity contribution in [3.63, 3.8) is 0 Å². The molecule has 4 nitrogen and oxygen atoms in total. The minimum atomic E-state index is -3.97. The zero-order valence-corrected chi connectivity index (χ0v) is 16.6. The van der Waals surface area contributed by atoms with Crippen molar-refractivity contribution in [1.82, 2.24) is 0 Å². The van der Waals surface area contributed by atoms with Crippen LogP contribution in [0.5, 0.6) is 0 Å². The number of carbonyl (C=O) groups excluding carboxylic acids is 1. The number of nitrogens with zero attached hydrogens (tertiary/aromatic N) is 1. The number of aldehydes is 1. The molecular weight excluding hydrogens is 389 g/mol. The predicted octanol–water partition coefficient (Wildman–Crippen LogP) is 4.86. The first-order chi connectivity index (χ1) is 13.9. The highest BCUT2D eigenvalue weighted by Crippen LogP contribution is 2.26. The summed E-state index contributed by atoms with van der Waals surface area (Å²) in [5, 5.41) is 0. The number of carbonyl (C=O) groups is 1. The van der Waals surface area contributed by atoms with Crippen LogP contribution < -0.4 is 4.31 Å². The molecule has 0 heterocycles. The fraction of sp³-hybridized carbons (Fsp3) is 0.0870. The normalized spacial score (nSPS) is 11.5. The van der Waals surface area contributed by atoms with E-state index >= 15 is 0 Å². The van der Waals surface area contributed by atoms with Gasteiger partial charge < -0.3 is 0 Å². The highest BCUT2D eigenvalue weighted by molar-refractivity contribution is 7.92. The third-order valence-electron chi connectivity index (χ3n) is 4.32. The van der Waals surface area contributed by atoms with Crippen LogP contribution in [-0.4, -0.2) is 21.2 Å². The van der Waals surface area contributed by atoms with Crippen LogP contribution in [0.3, 0.4) is 0 Å². The van der Waals surface area contributed by atoms with Crippen LogP contribution in [0, 0.1) is 12.7 Å². The Morgan fingerprint density at radius 3 is 2.28 bits per heavy atom. The molecule has 0 fully saturated rings. The smallest absolute Gasteiger partial charge is 0.264 e. The van der Waals surface area contributed by atoms with Crippen LogP contribution in [0.4, 0.5) is 10.1 Å². The summed E-state index contributed by atoms with van der Waals surface area (Å²) < 4.78 is 41.7. The lowest BCUT2D eigenvalue weighted by molar-refractivity contribution is 0.112. The fourth-order valence-corrected chi connectivity index (χ4v) is 4.24. The minimum absolute atomic E-state index is 0.0210. The summed E-state index contributed by atoms with van der Waals surface area (Å²) in [5.74, 6) is -0.680. The molecule has 3 aromatic carbocycles. The highest BCUT2D eigenvalue weighted by atomic mass is 32.2. The zero-order chi connectivity index (χ0) is 20.9. The van der Waals surface area contributed by atoms with Crippen molar-refractivity contribution in [2.45, 2.75) is 11.8 Å². The van der Waals surface area contributed by atoms with E-state index in [9.17, 15) is 17.6 Å². The van der Waals surface area contributed by atoms with Gasteiger partial charge in [-0.25, -0.2) is 12.8 Å². The first-order valence-corrected chi connectivity index (χ1v) is 10.4. The highest BCUT2D eigenvalue weighted by Gasteiger charge is 2.25. The van der Waals surface area contributed by atoms with E-state index in [4.69, 9.17) is 0 Å². The van der Waals surface area contributed by atoms with E-state index in [-0.39, 0.29) is 22.7 Å². The number of benzene rings is 3. The number of rotatable bonds is 7. The quantitative estimate of drug-likeness (QED) is 0.524. The van der Waals surface area contributed by atoms with E-state index in [1.165, 1.54) is 18.2 Å². The van der Waals surface area contributed by atoms with Crippen LogP contribution in [0.25, 0.3) is 6.08 Å². The lowest BCUT2D eigenvalue weighted by Crippen LogP contribution is -2.31. The largest absolute Gasteiger partial charge is 0.298 e. The lowest BCUT2D eigenvalue weighted by Gasteiger charge is -2.23. The van der Waals surface area contributed by atoms with Gasteiger partial charge in [0.05, 0.1) is 17.1 Å². The number of anilines is 1. The molecule has 0 aromatic heterocycles. The second-order valence-electron chi connectivity index (χ2n) is 6.52. The van der Waals surface area contributed by atoms with Gasteiger partial charge in [-0.05, 0) is 42.8 Å². The van der Waals surface area contributed by atoms with Crippen LogP contribution >= 0.6 is 0 Å². The van der Waals surface area contributed by atoms with Crippen LogP contribution in [-0.2, 0) is 10.0 Å². The summed E-state index contributed by atoms with van der Waals surface area (Å²) in [6.45, 7) is 1.84. The van der Waals surface area contributed by atoms with Gasteiger partial charge in [0.1, 0.15) is 12.1 Å². The molecule has 0 aliphatic rings. The van der Waals surface area contributed by atoms with Crippen LogP contribution in [0.15, 0.2) is 83.8 Å². The van der Waals surface area contributed by atoms with E-state index in [0.29, 0.717) is 6.29 Å². The SMILES string of the molecule is Cc1ccc(S(=O)(=O)N(C/C=C/c2ccccc2)c2cc(F)cc(C=O)c2)cc1. The van der Waals surface area contributed by atoms with Crippen molar-refractivity contribution in [2.24, 2.45) is 0 Å². The standard InChI is InChI=1S/C23H20FNO3S/c1-18-9-11-23(12-10-18)29(27,28)25(13-5-8-19-6-3-2-4-7-19)22-15-20(17-26)14-21(24)16-22/h2-12,14-17H,13H2,1H3/b8-5+. The van der Waals surface area contributed by atoms with E-state index in [2.05, 4.69) is 0 Å². The summed E-state index contributed by atoms with van der Waals surface area (Å²) in [4.78, 5) is 11.2. The Bertz CT molecular complexity index is 1120. The lowest BCUT2D eigenvalue weighted by atomic mass is 10.2. The van der Waals surface area contributed by atoms with Gasteiger partial charge >= 0.3 is 0 Å². The number of sulfonamides is 1. The topological polar surface area (TPSA) is 54.5 Å². The van der Waals surface area contributed by atoms with Crippen molar-refractivity contribution >= 4 is 28.1 Å². The van der Waals surface area contributed by atoms with Crippen molar-refractivity contribution in [3.05, 3.63) is 101 Å². The maximum absolute atomic E-state index is 14.0. The molecule has 148 valence electrons. The number of hydrogen-bond donors (Lipinski definition) is 0. The second-order valence-corrected chi connectivity index (χ2v) is 8.39. The molecule has 0 unspecified atom stereocenters. The average Bonchev–Trinajstić information content (AvgIpc) is 2.71. The van der Waals surface area contributed by atoms with Crippen LogP contribution in [0.1, 0.15) is 21.5 Å². The number of halogens is 1. The molecule has 0 atom stereocenters. The Labute approximate surface area is 170 Å². The zero-order valence-electron chi connectivity index (χ0n) is 15.8. The molecule has 29 heavy (non-hydrogen) atoms. The molecule has 3 rings (SSSR count). The van der Waals surface area contributed by atoms with Crippen molar-refractivity contribution in [3.8, 4) is 0 Å². The summed E-state index contributed by atoms with van der Waals surface area (Å²) in [7, 11) is -3.97. The second kappa shape index (κ2) is 8.84. The fourth-order valence-electron chi connectivity index (χ4n) is 2.84. The molecule has 0 saturated heterocycles. The Kier molecular flexibility index (Phi) is 6.24. The molecule has 0 aliphatic carbocycles. The molecule has 0 bridgehead atoms. The molecule has 0 saturated carbocycles. The molecule has 3 aromatic rings. The van der Waals surface area contributed by atoms with E-state index in [1.807, 2.05) is 37.3 Å². The third-order valence-corrected chi connectivity index (χ3v) is 6.13. The summed E-state index contributed by atoms with van der Waals surface area (Å²) in [5.41, 5.74) is 1.99. The van der Waals surface area contributed by atoms with Crippen molar-refractivity contribution < 1.29 is 17.6 Å². The minimum Gasteiger partial charge on any atom is -0.298 e. The molecule has 0 N–H and O–H groups in total. The van der Waals surface area contributed by atoms with Gasteiger partial charge in [0.25, 0.3) is 10.0 Å². The van der Waals surface area contributed by atoms with Gasteiger partial charge in [-0.15, -0.1) is 0 Å². The monoisotopic (exact) mass is 409 g/mol. The summed E-state index contributed by atoms with van der Waals surface area (Å²) in [6, 6.07) is 19.4. The van der Waals surface area contributed by atoms with Gasteiger partial charge in [0, 0.05) is 5.56 Å². The summed E-state index contributed by atoms with van der Waals surface area (Å²) >= 11 is 0. The van der Waals surface area contributed by atoms with Gasteiger partial charge in [-0.2, -0.15) is 0 Å². The third kappa shape index (κ3) is 4.97. The number of hydrogen-bond acceptors (Lipinski definition) is 3. The van der Waals surface area contributed by atoms with Crippen molar-refractivity contribution in [2.75, 3.05) is 10.8 Å². The van der Waals surface area contributed by atoms with Gasteiger partial charge in [0.15, 0.2) is 0 Å². The summed E-state index contributed by atoms with van der Waals surface area (Å²) in [6.07, 6.45) is 3.97. The van der Waals surface area contributed by atoms with Gasteiger partial charge in [0.2, 0.25) is 0 Å².